The fourth-order valence-corrected chi connectivity index (χ4v) is 4.76. The van der Waals surface area contributed by atoms with Crippen molar-refractivity contribution in [3.63, 3.8) is 0 Å². The van der Waals surface area contributed by atoms with Crippen LogP contribution in [-0.4, -0.2) is 29.9 Å². The molecule has 1 rings (SSSR count). The number of rotatable bonds is 3. The van der Waals surface area contributed by atoms with Crippen LogP contribution in [0.2, 0.25) is 11.6 Å². The van der Waals surface area contributed by atoms with Gasteiger partial charge in [0.2, 0.25) is 0 Å². The van der Waals surface area contributed by atoms with E-state index >= 15 is 0 Å². The molecular weight excluding hydrogens is 278 g/mol. The van der Waals surface area contributed by atoms with Crippen molar-refractivity contribution in [3.8, 4) is 0 Å². The minimum atomic E-state index is 0.624. The Morgan fingerprint density at radius 3 is 2.33 bits per heavy atom. The molecule has 1 aromatic rings. The van der Waals surface area contributed by atoms with Crippen molar-refractivity contribution in [2.45, 2.75) is 11.6 Å². The average Bonchev–Trinajstić information content (AvgIpc) is 2.15. The molecule has 0 nitrogen and oxygen atoms in total. The van der Waals surface area contributed by atoms with E-state index in [0.717, 1.165) is 0 Å². The summed E-state index contributed by atoms with van der Waals surface area (Å²) in [5, 5.41) is 0. The second kappa shape index (κ2) is 5.61. The molecule has 0 atom stereocenters. The Hall–Kier alpha value is -0.00104. The summed E-state index contributed by atoms with van der Waals surface area (Å²) >= 11 is 1.28. The molecule has 0 spiro atoms. The van der Waals surface area contributed by atoms with Gasteiger partial charge in [-0.05, 0) is 0 Å². The first-order valence-corrected chi connectivity index (χ1v) is 8.98. The van der Waals surface area contributed by atoms with Gasteiger partial charge in [-0.15, -0.1) is 0 Å². The predicted octanol–water partition coefficient (Wildman–Crippen LogP) is 2.49. The first-order chi connectivity index (χ1) is 5.88. The van der Waals surface area contributed by atoms with Gasteiger partial charge in [-0.2, -0.15) is 0 Å². The molecule has 64 valence electrons. The van der Waals surface area contributed by atoms with Crippen LogP contribution in [0.25, 0.3) is 4.47 Å². The van der Waals surface area contributed by atoms with Gasteiger partial charge in [0.1, 0.15) is 0 Å². The maximum absolute atomic E-state index is 2.39. The molecule has 0 aromatic heterocycles. The second-order valence-corrected chi connectivity index (χ2v) is 5.55. The van der Waals surface area contributed by atoms with Gasteiger partial charge in [0.05, 0.1) is 0 Å². The van der Waals surface area contributed by atoms with E-state index in [1.54, 1.807) is 4.47 Å². The van der Waals surface area contributed by atoms with Crippen LogP contribution in [0.15, 0.2) is 35.3 Å². The summed E-state index contributed by atoms with van der Waals surface area (Å²) in [7, 11) is 0. The molecular formula is C10H12Se2. The van der Waals surface area contributed by atoms with Gasteiger partial charge < -0.3 is 0 Å². The van der Waals surface area contributed by atoms with E-state index in [1.807, 2.05) is 0 Å². The Kier molecular flexibility index (Phi) is 4.71. The third kappa shape index (κ3) is 2.80. The second-order valence-electron chi connectivity index (χ2n) is 2.29. The third-order valence-corrected chi connectivity index (χ3v) is 4.91. The molecule has 0 N–H and O–H groups in total. The monoisotopic (exact) mass is 292 g/mol. The summed E-state index contributed by atoms with van der Waals surface area (Å²) in [6, 6.07) is 10.7. The Morgan fingerprint density at radius 2 is 1.83 bits per heavy atom. The van der Waals surface area contributed by atoms with E-state index in [2.05, 4.69) is 47.0 Å². The van der Waals surface area contributed by atoms with Crippen LogP contribution in [0.5, 0.6) is 0 Å². The van der Waals surface area contributed by atoms with Crippen LogP contribution in [0.1, 0.15) is 5.56 Å². The van der Waals surface area contributed by atoms with Crippen LogP contribution in [0, 0.1) is 0 Å². The summed E-state index contributed by atoms with van der Waals surface area (Å²) in [5.74, 6) is 4.53. The number of hydrogen-bond donors (Lipinski definition) is 0. The molecule has 0 amide bonds. The van der Waals surface area contributed by atoms with E-state index in [0.29, 0.717) is 29.9 Å². The Labute approximate surface area is 86.8 Å². The first-order valence-electron chi connectivity index (χ1n) is 3.71. The van der Waals surface area contributed by atoms with Gasteiger partial charge in [0.15, 0.2) is 0 Å². The van der Waals surface area contributed by atoms with Gasteiger partial charge in [0.25, 0.3) is 0 Å². The van der Waals surface area contributed by atoms with Gasteiger partial charge in [0, 0.05) is 0 Å². The molecule has 0 aliphatic rings. The fourth-order valence-electron chi connectivity index (χ4n) is 0.943. The molecule has 0 saturated heterocycles. The van der Waals surface area contributed by atoms with Crippen molar-refractivity contribution < 1.29 is 0 Å². The van der Waals surface area contributed by atoms with E-state index in [9.17, 15) is 0 Å². The first kappa shape index (κ1) is 10.1. The van der Waals surface area contributed by atoms with Crippen LogP contribution in [0.3, 0.4) is 0 Å². The summed E-state index contributed by atoms with van der Waals surface area (Å²) < 4.78 is 1.55. The van der Waals surface area contributed by atoms with Crippen LogP contribution < -0.4 is 0 Å². The van der Waals surface area contributed by atoms with Gasteiger partial charge >= 0.3 is 86.9 Å². The van der Waals surface area contributed by atoms with Crippen LogP contribution in [0.4, 0.5) is 0 Å². The van der Waals surface area contributed by atoms with Crippen LogP contribution >= 0.6 is 0 Å². The van der Waals surface area contributed by atoms with Crippen molar-refractivity contribution in [1.29, 1.82) is 0 Å². The zero-order chi connectivity index (χ0) is 8.81. The molecule has 0 heterocycles. The Balaban J connectivity index is 2.88. The number of benzene rings is 1. The van der Waals surface area contributed by atoms with Crippen molar-refractivity contribution >= 4 is 34.4 Å². The Bertz CT molecular complexity index is 252. The normalized spacial score (nSPS) is 11.7. The molecule has 0 radical (unpaired) electrons. The molecule has 0 aliphatic carbocycles. The van der Waals surface area contributed by atoms with E-state index < -0.39 is 0 Å². The van der Waals surface area contributed by atoms with E-state index in [1.165, 1.54) is 5.56 Å². The zero-order valence-electron chi connectivity index (χ0n) is 7.28. The fraction of sp³-hybridized carbons (Fsp3) is 0.200. The van der Waals surface area contributed by atoms with Crippen molar-refractivity contribution in [2.24, 2.45) is 0 Å². The molecule has 0 saturated carbocycles. The molecule has 2 heteroatoms. The molecule has 1 aromatic carbocycles. The quantitative estimate of drug-likeness (QED) is 0.750. The molecule has 0 fully saturated rings. The molecule has 12 heavy (non-hydrogen) atoms. The van der Waals surface area contributed by atoms with E-state index in [-0.39, 0.29) is 0 Å². The average molecular weight is 290 g/mol. The van der Waals surface area contributed by atoms with Crippen molar-refractivity contribution in [3.05, 3.63) is 40.9 Å². The number of hydrogen-bond acceptors (Lipinski definition) is 0. The van der Waals surface area contributed by atoms with Gasteiger partial charge in [-0.1, -0.05) is 0 Å². The summed E-state index contributed by atoms with van der Waals surface area (Å²) in [6.07, 6.45) is 0. The topological polar surface area (TPSA) is 0 Å². The third-order valence-electron chi connectivity index (χ3n) is 1.50. The van der Waals surface area contributed by atoms with Gasteiger partial charge in [-0.25, -0.2) is 0 Å². The standard InChI is InChI=1S/C10H12Se2/c1-11-8-10(12-2)9-6-4-3-5-7-9/h3-8H,1-2H3/b10-8-. The Morgan fingerprint density at radius 1 is 1.17 bits per heavy atom. The molecule has 0 bridgehead atoms. The molecule has 0 unspecified atom stereocenters. The minimum absolute atomic E-state index is 0.624. The summed E-state index contributed by atoms with van der Waals surface area (Å²) in [5.41, 5.74) is 1.41. The van der Waals surface area contributed by atoms with Crippen molar-refractivity contribution in [1.82, 2.24) is 0 Å². The maximum atomic E-state index is 2.39. The summed E-state index contributed by atoms with van der Waals surface area (Å²) in [4.78, 5) is 2.39. The van der Waals surface area contributed by atoms with Crippen molar-refractivity contribution in [2.75, 3.05) is 0 Å². The SMILES string of the molecule is C[Se]/C=C(\[Se]C)c1ccccc1. The molecule has 0 aliphatic heterocycles. The van der Waals surface area contributed by atoms with E-state index in [4.69, 9.17) is 0 Å². The summed E-state index contributed by atoms with van der Waals surface area (Å²) in [6.45, 7) is 0. The van der Waals surface area contributed by atoms with Gasteiger partial charge in [-0.3, -0.25) is 0 Å². The predicted molar refractivity (Wildman–Crippen MR) is 57.7 cm³/mol. The van der Waals surface area contributed by atoms with Crippen LogP contribution in [-0.2, 0) is 0 Å². The zero-order valence-corrected chi connectivity index (χ0v) is 10.7.